The average Bonchev–Trinajstić information content (AvgIpc) is 2.60. The minimum atomic E-state index is -0.340. The zero-order chi connectivity index (χ0) is 18.0. The number of hydrogen-bond donors (Lipinski definition) is 2. The van der Waals surface area contributed by atoms with Gasteiger partial charge in [0.2, 0.25) is 5.91 Å². The monoisotopic (exact) mass is 359 g/mol. The van der Waals surface area contributed by atoms with Gasteiger partial charge in [-0.25, -0.2) is 4.98 Å². The van der Waals surface area contributed by atoms with Crippen LogP contribution in [0.2, 0.25) is 5.02 Å². The molecule has 0 saturated carbocycles. The molecule has 1 aliphatic carbocycles. The lowest BCUT2D eigenvalue weighted by Gasteiger charge is -2.29. The number of fused-ring (bicyclic) bond motifs is 1. The van der Waals surface area contributed by atoms with Gasteiger partial charge in [0, 0.05) is 28.0 Å². The van der Waals surface area contributed by atoms with Gasteiger partial charge in [-0.05, 0) is 43.5 Å². The van der Waals surface area contributed by atoms with E-state index < -0.39 is 0 Å². The highest BCUT2D eigenvalue weighted by atomic mass is 35.5. The maximum atomic E-state index is 12.6. The topological polar surface area (TPSA) is 88.8 Å². The summed E-state index contributed by atoms with van der Waals surface area (Å²) in [5.74, 6) is 0.000884. The van der Waals surface area contributed by atoms with E-state index in [1.165, 1.54) is 0 Å². The second-order valence-electron chi connectivity index (χ2n) is 6.66. The Bertz CT molecular complexity index is 830. The molecule has 1 amide bonds. The molecule has 0 radical (unpaired) electrons. The van der Waals surface area contributed by atoms with Gasteiger partial charge in [-0.1, -0.05) is 31.4 Å². The van der Waals surface area contributed by atoms with E-state index in [0.717, 1.165) is 30.5 Å². The number of nitrogens with zero attached hydrogens (tertiary/aromatic N) is 1. The molecule has 0 spiro atoms. The Morgan fingerprint density at radius 2 is 2.08 bits per heavy atom. The van der Waals surface area contributed by atoms with Gasteiger partial charge in [0.05, 0.1) is 5.69 Å². The van der Waals surface area contributed by atoms with E-state index in [4.69, 9.17) is 22.3 Å². The summed E-state index contributed by atoms with van der Waals surface area (Å²) in [6.07, 6.45) is 4.03. The van der Waals surface area contributed by atoms with Crippen molar-refractivity contribution in [3.8, 4) is 11.4 Å². The van der Waals surface area contributed by atoms with Gasteiger partial charge in [0.15, 0.2) is 0 Å². The fraction of sp³-hybridized carbons (Fsp3) is 0.421. The van der Waals surface area contributed by atoms with Crippen molar-refractivity contribution < 1.29 is 4.79 Å². The number of aromatic nitrogens is 2. The Hall–Kier alpha value is -2.14. The largest absolute Gasteiger partial charge is 0.369 e. The number of halogens is 1. The number of carbonyl (C=O) groups excluding carboxylic acids is 1. The number of benzene rings is 1. The van der Waals surface area contributed by atoms with E-state index in [-0.39, 0.29) is 23.3 Å². The van der Waals surface area contributed by atoms with Gasteiger partial charge in [-0.15, -0.1) is 0 Å². The predicted molar refractivity (Wildman–Crippen MR) is 98.6 cm³/mol. The van der Waals surface area contributed by atoms with Crippen LogP contribution in [0.4, 0.5) is 0 Å². The van der Waals surface area contributed by atoms with E-state index in [9.17, 15) is 9.59 Å². The number of unbranched alkanes of at least 4 members (excludes halogenated alkanes) is 1. The van der Waals surface area contributed by atoms with Crippen molar-refractivity contribution in [2.45, 2.75) is 44.9 Å². The summed E-state index contributed by atoms with van der Waals surface area (Å²) in [5, 5.41) is 0.633. The molecular weight excluding hydrogens is 338 g/mol. The third kappa shape index (κ3) is 3.76. The first-order valence-corrected chi connectivity index (χ1v) is 9.05. The summed E-state index contributed by atoms with van der Waals surface area (Å²) >= 11 is 5.94. The summed E-state index contributed by atoms with van der Waals surface area (Å²) in [4.78, 5) is 31.9. The summed E-state index contributed by atoms with van der Waals surface area (Å²) in [6.45, 7) is 2.12. The highest BCUT2D eigenvalue weighted by Gasteiger charge is 2.33. The van der Waals surface area contributed by atoms with E-state index in [1.807, 2.05) is 12.1 Å². The number of nitrogens with one attached hydrogen (secondary N) is 1. The average molecular weight is 360 g/mol. The van der Waals surface area contributed by atoms with Gasteiger partial charge in [0.25, 0.3) is 5.56 Å². The van der Waals surface area contributed by atoms with E-state index in [1.54, 1.807) is 12.1 Å². The zero-order valence-electron chi connectivity index (χ0n) is 14.2. The standard InChI is InChI=1S/C19H22ClN3O2/c1-2-3-4-12-9-13(17(21)24)10-15-16(12)22-18(23-19(15)25)11-5-7-14(20)8-6-11/h5-8,12-13H,2-4,9-10H2,1H3,(H2,21,24)(H,22,23,25). The number of rotatable bonds is 5. The number of aromatic amines is 1. The highest BCUT2D eigenvalue weighted by Crippen LogP contribution is 2.36. The molecule has 2 aromatic rings. The highest BCUT2D eigenvalue weighted by molar-refractivity contribution is 6.30. The first-order chi connectivity index (χ1) is 12.0. The third-order valence-corrected chi connectivity index (χ3v) is 5.13. The van der Waals surface area contributed by atoms with Gasteiger partial charge in [0.1, 0.15) is 5.82 Å². The summed E-state index contributed by atoms with van der Waals surface area (Å²) in [5.41, 5.74) is 7.58. The van der Waals surface area contributed by atoms with Crippen molar-refractivity contribution in [2.24, 2.45) is 11.7 Å². The first kappa shape index (κ1) is 17.7. The molecule has 0 aliphatic heterocycles. The number of H-pyrrole nitrogens is 1. The Morgan fingerprint density at radius 1 is 1.36 bits per heavy atom. The number of nitrogens with two attached hydrogens (primary N) is 1. The van der Waals surface area contributed by atoms with E-state index in [0.29, 0.717) is 29.3 Å². The van der Waals surface area contributed by atoms with Crippen LogP contribution in [0.25, 0.3) is 11.4 Å². The van der Waals surface area contributed by atoms with Crippen molar-refractivity contribution in [1.82, 2.24) is 9.97 Å². The Balaban J connectivity index is 2.05. The number of amides is 1. The van der Waals surface area contributed by atoms with Gasteiger partial charge in [-0.2, -0.15) is 0 Å². The maximum absolute atomic E-state index is 12.6. The SMILES string of the molecule is CCCCC1CC(C(N)=O)Cc2c1nc(-c1ccc(Cl)cc1)[nH]c2=O. The molecule has 25 heavy (non-hydrogen) atoms. The van der Waals surface area contributed by atoms with Crippen LogP contribution in [0.15, 0.2) is 29.1 Å². The van der Waals surface area contributed by atoms with Crippen LogP contribution >= 0.6 is 11.6 Å². The fourth-order valence-corrected chi connectivity index (χ4v) is 3.63. The second-order valence-corrected chi connectivity index (χ2v) is 7.10. The molecule has 1 heterocycles. The molecule has 1 aliphatic rings. The molecule has 0 saturated heterocycles. The van der Waals surface area contributed by atoms with Crippen molar-refractivity contribution in [3.05, 3.63) is 50.9 Å². The smallest absolute Gasteiger partial charge is 0.254 e. The molecule has 2 unspecified atom stereocenters. The second kappa shape index (κ2) is 7.40. The lowest BCUT2D eigenvalue weighted by atomic mass is 9.77. The van der Waals surface area contributed by atoms with Crippen LogP contribution in [0.3, 0.4) is 0 Å². The maximum Gasteiger partial charge on any atom is 0.254 e. The Labute approximate surface area is 151 Å². The van der Waals surface area contributed by atoms with Crippen LogP contribution in [0.1, 0.15) is 49.8 Å². The van der Waals surface area contributed by atoms with Crippen molar-refractivity contribution >= 4 is 17.5 Å². The van der Waals surface area contributed by atoms with Crippen LogP contribution < -0.4 is 11.3 Å². The van der Waals surface area contributed by atoms with Crippen LogP contribution in [-0.4, -0.2) is 15.9 Å². The molecule has 1 aromatic heterocycles. The van der Waals surface area contributed by atoms with Crippen molar-refractivity contribution in [1.29, 1.82) is 0 Å². The van der Waals surface area contributed by atoms with Gasteiger partial charge in [-0.3, -0.25) is 9.59 Å². The molecule has 2 atom stereocenters. The lowest BCUT2D eigenvalue weighted by Crippen LogP contribution is -2.35. The normalized spacial score (nSPS) is 19.4. The molecule has 0 fully saturated rings. The molecule has 3 N–H and O–H groups in total. The van der Waals surface area contributed by atoms with Crippen LogP contribution in [0, 0.1) is 5.92 Å². The van der Waals surface area contributed by atoms with Crippen LogP contribution in [-0.2, 0) is 11.2 Å². The Morgan fingerprint density at radius 3 is 2.72 bits per heavy atom. The molecule has 1 aromatic carbocycles. The molecular formula is C19H22ClN3O2. The molecule has 0 bridgehead atoms. The van der Waals surface area contributed by atoms with Crippen molar-refractivity contribution in [2.75, 3.05) is 0 Å². The van der Waals surface area contributed by atoms with Gasteiger partial charge < -0.3 is 10.7 Å². The first-order valence-electron chi connectivity index (χ1n) is 8.68. The minimum absolute atomic E-state index is 0.0922. The summed E-state index contributed by atoms with van der Waals surface area (Å²) < 4.78 is 0. The van der Waals surface area contributed by atoms with Crippen LogP contribution in [0.5, 0.6) is 0 Å². The van der Waals surface area contributed by atoms with E-state index in [2.05, 4.69) is 11.9 Å². The van der Waals surface area contributed by atoms with E-state index >= 15 is 0 Å². The zero-order valence-corrected chi connectivity index (χ0v) is 15.0. The quantitative estimate of drug-likeness (QED) is 0.857. The number of hydrogen-bond acceptors (Lipinski definition) is 3. The third-order valence-electron chi connectivity index (χ3n) is 4.88. The number of carbonyl (C=O) groups is 1. The molecule has 3 rings (SSSR count). The molecule has 6 heteroatoms. The molecule has 5 nitrogen and oxygen atoms in total. The summed E-state index contributed by atoms with van der Waals surface area (Å²) in [6, 6.07) is 7.22. The Kier molecular flexibility index (Phi) is 5.23. The minimum Gasteiger partial charge on any atom is -0.369 e. The van der Waals surface area contributed by atoms with Crippen molar-refractivity contribution in [3.63, 3.8) is 0 Å². The summed E-state index contributed by atoms with van der Waals surface area (Å²) in [7, 11) is 0. The fourth-order valence-electron chi connectivity index (χ4n) is 3.50. The number of primary amides is 1. The predicted octanol–water partition coefficient (Wildman–Crippen LogP) is 3.41. The molecule has 132 valence electrons. The van der Waals surface area contributed by atoms with Gasteiger partial charge >= 0.3 is 0 Å². The lowest BCUT2D eigenvalue weighted by molar-refractivity contribution is -0.122.